The van der Waals surface area contributed by atoms with Crippen molar-refractivity contribution in [2.24, 2.45) is 0 Å². The highest BCUT2D eigenvalue weighted by Gasteiger charge is 2.05. The van der Waals surface area contributed by atoms with Gasteiger partial charge in [0, 0.05) is 19.0 Å². The number of nitrogens with zero attached hydrogens (tertiary/aromatic N) is 1. The van der Waals surface area contributed by atoms with E-state index < -0.39 is 0 Å². The van der Waals surface area contributed by atoms with E-state index in [0.29, 0.717) is 24.6 Å². The maximum absolute atomic E-state index is 11.1. The quantitative estimate of drug-likeness (QED) is 0.415. The minimum atomic E-state index is -0.0133. The Morgan fingerprint density at radius 1 is 1.58 bits per heavy atom. The smallest absolute Gasteiger partial charge is 0.213 e. The maximum Gasteiger partial charge on any atom is 0.213 e. The first-order chi connectivity index (χ1) is 9.15. The van der Waals surface area contributed by atoms with Crippen molar-refractivity contribution in [3.8, 4) is 11.6 Å². The van der Waals surface area contributed by atoms with Crippen LogP contribution in [-0.4, -0.2) is 30.0 Å². The molecule has 106 valence electrons. The number of carbonyl (C=O) groups excluding carboxylic acids is 1. The van der Waals surface area contributed by atoms with E-state index in [0.717, 1.165) is 0 Å². The third-order valence-corrected chi connectivity index (χ3v) is 2.94. The van der Waals surface area contributed by atoms with Crippen LogP contribution in [-0.2, 0) is 4.79 Å². The molecule has 1 aromatic rings. The summed E-state index contributed by atoms with van der Waals surface area (Å²) in [6, 6.07) is 3.45. The molecule has 0 spiro atoms. The van der Waals surface area contributed by atoms with Crippen LogP contribution in [0.5, 0.6) is 11.6 Å². The minimum absolute atomic E-state index is 0.0133. The Hall–Kier alpha value is -0.920. The topological polar surface area (TPSA) is 60.5 Å². The molecule has 0 unspecified atom stereocenters. The summed E-state index contributed by atoms with van der Waals surface area (Å²) in [7, 11) is 1.25. The molecule has 7 heteroatoms. The van der Waals surface area contributed by atoms with Crippen molar-refractivity contribution in [3.63, 3.8) is 0 Å². The summed E-state index contributed by atoms with van der Waals surface area (Å²) in [5.41, 5.74) is 0. The molecule has 0 amide bonds. The lowest BCUT2D eigenvalue weighted by Gasteiger charge is -2.13. The average Bonchev–Trinajstić information content (AvgIpc) is 2.44. The second-order valence-corrected chi connectivity index (χ2v) is 4.90. The molecule has 1 aromatic heterocycles. The van der Waals surface area contributed by atoms with Crippen LogP contribution < -0.4 is 14.2 Å². The molecule has 5 nitrogen and oxygen atoms in total. The van der Waals surface area contributed by atoms with Gasteiger partial charge in [0.25, 0.3) is 0 Å². The fourth-order valence-electron chi connectivity index (χ4n) is 1.19. The molecule has 1 rings (SSSR count). The number of thiol groups is 1. The number of nitrogens with one attached hydrogen (secondary N) is 1. The zero-order valence-electron chi connectivity index (χ0n) is 11.0. The molecule has 0 bridgehead atoms. The van der Waals surface area contributed by atoms with Crippen molar-refractivity contribution in [2.75, 3.05) is 13.2 Å². The zero-order chi connectivity index (χ0) is 14.1. The van der Waals surface area contributed by atoms with E-state index in [-0.39, 0.29) is 18.5 Å². The van der Waals surface area contributed by atoms with Crippen LogP contribution in [0.15, 0.2) is 18.3 Å². The molecule has 0 aromatic carbocycles. The van der Waals surface area contributed by atoms with Crippen molar-refractivity contribution < 1.29 is 14.3 Å². The summed E-state index contributed by atoms with van der Waals surface area (Å²) >= 11 is 3.97. The van der Waals surface area contributed by atoms with Gasteiger partial charge in [-0.25, -0.2) is 4.98 Å². The second kappa shape index (κ2) is 9.06. The lowest BCUT2D eigenvalue weighted by atomic mass is 10.3. The molecular weight excluding hydrogens is 284 g/mol. The normalized spacial score (nSPS) is 11.9. The van der Waals surface area contributed by atoms with Crippen molar-refractivity contribution in [1.29, 1.82) is 0 Å². The van der Waals surface area contributed by atoms with Gasteiger partial charge in [0.15, 0.2) is 5.78 Å². The Labute approximate surface area is 122 Å². The number of hydrogen-bond acceptors (Lipinski definition) is 7. The van der Waals surface area contributed by atoms with E-state index in [4.69, 9.17) is 9.47 Å². The molecule has 1 heterocycles. The van der Waals surface area contributed by atoms with Crippen molar-refractivity contribution in [2.45, 2.75) is 26.4 Å². The first-order valence-corrected chi connectivity index (χ1v) is 7.83. The van der Waals surface area contributed by atoms with E-state index in [1.807, 2.05) is 6.92 Å². The summed E-state index contributed by atoms with van der Waals surface area (Å²) in [5.74, 6) is 1.14. The Kier molecular flexibility index (Phi) is 7.69. The SMILES string of the molecule is CCC(=O)COc1ccc(O[C@@H](C)CNSS)nc1. The van der Waals surface area contributed by atoms with Crippen molar-refractivity contribution in [1.82, 2.24) is 9.71 Å². The number of rotatable bonds is 9. The Morgan fingerprint density at radius 2 is 2.37 bits per heavy atom. The van der Waals surface area contributed by atoms with Gasteiger partial charge in [0.1, 0.15) is 18.5 Å². The predicted molar refractivity (Wildman–Crippen MR) is 79.7 cm³/mol. The molecule has 1 atom stereocenters. The monoisotopic (exact) mass is 302 g/mol. The molecule has 0 aliphatic heterocycles. The van der Waals surface area contributed by atoms with Gasteiger partial charge < -0.3 is 9.47 Å². The predicted octanol–water partition coefficient (Wildman–Crippen LogP) is 2.29. The third-order valence-electron chi connectivity index (χ3n) is 2.26. The number of hydrogen-bond donors (Lipinski definition) is 2. The number of ketones is 1. The van der Waals surface area contributed by atoms with Gasteiger partial charge in [-0.1, -0.05) is 18.6 Å². The fraction of sp³-hybridized carbons (Fsp3) is 0.500. The van der Waals surface area contributed by atoms with E-state index in [2.05, 4.69) is 21.4 Å². The van der Waals surface area contributed by atoms with Crippen LogP contribution in [0.4, 0.5) is 0 Å². The van der Waals surface area contributed by atoms with Crippen molar-refractivity contribution in [3.05, 3.63) is 18.3 Å². The molecule has 0 aliphatic carbocycles. The lowest BCUT2D eigenvalue weighted by molar-refractivity contribution is -0.120. The van der Waals surface area contributed by atoms with E-state index >= 15 is 0 Å². The molecule has 0 radical (unpaired) electrons. The van der Waals surface area contributed by atoms with Gasteiger partial charge in [-0.2, -0.15) is 0 Å². The van der Waals surface area contributed by atoms with E-state index in [1.165, 1.54) is 11.0 Å². The number of ether oxygens (including phenoxy) is 2. The highest BCUT2D eigenvalue weighted by Crippen LogP contribution is 2.15. The summed E-state index contributed by atoms with van der Waals surface area (Å²) in [6.45, 7) is 4.49. The fourth-order valence-corrected chi connectivity index (χ4v) is 1.72. The molecule has 0 aliphatic rings. The van der Waals surface area contributed by atoms with Gasteiger partial charge in [0.05, 0.1) is 6.20 Å². The van der Waals surface area contributed by atoms with Crippen LogP contribution in [0.1, 0.15) is 20.3 Å². The largest absolute Gasteiger partial charge is 0.484 e. The van der Waals surface area contributed by atoms with Gasteiger partial charge in [0.2, 0.25) is 5.88 Å². The standard InChI is InChI=1S/C12H18N2O3S2/c1-3-10(15)8-16-11-4-5-12(13-7-11)17-9(2)6-14-19-18/h4-5,7,9,14,18H,3,6,8H2,1-2H3/t9-/m0/s1. The van der Waals surface area contributed by atoms with E-state index in [1.54, 1.807) is 25.3 Å². The van der Waals surface area contributed by atoms with E-state index in [9.17, 15) is 4.79 Å². The number of carbonyl (C=O) groups is 1. The van der Waals surface area contributed by atoms with Crippen LogP contribution in [0, 0.1) is 0 Å². The van der Waals surface area contributed by atoms with Crippen LogP contribution in [0.3, 0.4) is 0 Å². The Morgan fingerprint density at radius 3 is 2.95 bits per heavy atom. The van der Waals surface area contributed by atoms with Crippen LogP contribution in [0.25, 0.3) is 0 Å². The number of Topliss-reactive ketones (excluding diaryl/α,β-unsaturated/α-hetero) is 1. The van der Waals surface area contributed by atoms with Gasteiger partial charge in [-0.3, -0.25) is 9.52 Å². The molecule has 19 heavy (non-hydrogen) atoms. The van der Waals surface area contributed by atoms with Crippen LogP contribution >= 0.6 is 22.6 Å². The van der Waals surface area contributed by atoms with Crippen molar-refractivity contribution >= 4 is 28.4 Å². The Bertz CT molecular complexity index is 387. The van der Waals surface area contributed by atoms with Gasteiger partial charge >= 0.3 is 0 Å². The molecule has 0 saturated heterocycles. The average molecular weight is 302 g/mol. The van der Waals surface area contributed by atoms with Gasteiger partial charge in [-0.15, -0.1) is 0 Å². The highest BCUT2D eigenvalue weighted by molar-refractivity contribution is 8.67. The zero-order valence-corrected chi connectivity index (χ0v) is 12.7. The lowest BCUT2D eigenvalue weighted by Crippen LogP contribution is -2.24. The maximum atomic E-state index is 11.1. The second-order valence-electron chi connectivity index (χ2n) is 3.88. The summed E-state index contributed by atoms with van der Waals surface area (Å²) < 4.78 is 13.8. The first kappa shape index (κ1) is 16.1. The molecular formula is C12H18N2O3S2. The first-order valence-electron chi connectivity index (χ1n) is 5.96. The Balaban J connectivity index is 2.40. The van der Waals surface area contributed by atoms with Crippen LogP contribution in [0.2, 0.25) is 0 Å². The molecule has 1 N–H and O–H groups in total. The summed E-state index contributed by atoms with van der Waals surface area (Å²) in [4.78, 5) is 15.2. The minimum Gasteiger partial charge on any atom is -0.484 e. The summed E-state index contributed by atoms with van der Waals surface area (Å²) in [6.07, 6.45) is 2.01. The third kappa shape index (κ3) is 6.70. The number of pyridine rings is 1. The highest BCUT2D eigenvalue weighted by atomic mass is 33.1. The molecule has 0 saturated carbocycles. The summed E-state index contributed by atoms with van der Waals surface area (Å²) in [5, 5.41) is 0. The molecule has 0 fully saturated rings. The number of aromatic nitrogens is 1. The van der Waals surface area contributed by atoms with Gasteiger partial charge in [-0.05, 0) is 24.0 Å².